The highest BCUT2D eigenvalue weighted by Crippen LogP contribution is 2.25. The Balaban J connectivity index is 1.65. The maximum Gasteiger partial charge on any atom is 0.303 e. The third kappa shape index (κ3) is 6.43. The molecule has 32 heavy (non-hydrogen) atoms. The number of carbonyl (C=O) groups excluding carboxylic acids is 1. The predicted molar refractivity (Wildman–Crippen MR) is 123 cm³/mol. The lowest BCUT2D eigenvalue weighted by atomic mass is 10.1. The molecule has 0 radical (unpaired) electrons. The van der Waals surface area contributed by atoms with Crippen LogP contribution in [-0.2, 0) is 11.3 Å². The van der Waals surface area contributed by atoms with Gasteiger partial charge in [-0.3, -0.25) is 9.59 Å². The first-order chi connectivity index (χ1) is 15.8. The van der Waals surface area contributed by atoms with Crippen molar-refractivity contribution >= 4 is 23.4 Å². The van der Waals surface area contributed by atoms with Crippen LogP contribution in [0.15, 0.2) is 52.5 Å². The monoisotopic (exact) mass is 457 g/mol. The molecule has 3 rings (SSSR count). The van der Waals surface area contributed by atoms with E-state index in [4.69, 9.17) is 15.6 Å². The van der Waals surface area contributed by atoms with E-state index in [1.807, 2.05) is 29.6 Å². The van der Waals surface area contributed by atoms with E-state index in [2.05, 4.69) is 4.37 Å². The molecule has 0 unspecified atom stereocenters. The van der Waals surface area contributed by atoms with Crippen molar-refractivity contribution in [2.24, 2.45) is 0 Å². The zero-order valence-electron chi connectivity index (χ0n) is 19.2. The van der Waals surface area contributed by atoms with E-state index in [1.54, 1.807) is 32.2 Å². The van der Waals surface area contributed by atoms with Crippen molar-refractivity contribution in [1.82, 2.24) is 9.27 Å². The smallest absolute Gasteiger partial charge is 0.303 e. The van der Waals surface area contributed by atoms with Crippen LogP contribution in [-0.4, -0.2) is 38.9 Å². The number of benzene rings is 1. The first-order valence-corrected chi connectivity index (χ1v) is 11.3. The van der Waals surface area contributed by atoms with Crippen molar-refractivity contribution in [3.63, 3.8) is 0 Å². The van der Waals surface area contributed by atoms with Gasteiger partial charge in [0.1, 0.15) is 5.76 Å². The van der Waals surface area contributed by atoms with Crippen LogP contribution in [0.4, 0.5) is 0 Å². The van der Waals surface area contributed by atoms with Crippen LogP contribution in [0.25, 0.3) is 11.3 Å². The fourth-order valence-electron chi connectivity index (χ4n) is 3.17. The van der Waals surface area contributed by atoms with Crippen molar-refractivity contribution in [1.29, 1.82) is 0 Å². The molecule has 170 valence electrons. The molecule has 3 aromatic rings. The fraction of sp³-hybridized carbons (Fsp3) is 0.375. The molecule has 1 N–H and O–H groups in total. The van der Waals surface area contributed by atoms with Crippen LogP contribution in [0.2, 0.25) is 0 Å². The van der Waals surface area contributed by atoms with Gasteiger partial charge < -0.3 is 19.2 Å². The maximum atomic E-state index is 13.3. The molecule has 1 amide bonds. The summed E-state index contributed by atoms with van der Waals surface area (Å²) in [6.45, 7) is 3.96. The molecule has 0 bridgehead atoms. The number of ether oxygens (including phenoxy) is 1. The summed E-state index contributed by atoms with van der Waals surface area (Å²) in [7, 11) is 0. The van der Waals surface area contributed by atoms with Crippen molar-refractivity contribution in [2.75, 3.05) is 6.61 Å². The molecule has 0 aliphatic carbocycles. The Bertz CT molecular complexity index is 1040. The third-order valence-electron chi connectivity index (χ3n) is 4.93. The van der Waals surface area contributed by atoms with Gasteiger partial charge in [0.15, 0.2) is 0 Å². The molecular formula is C24H28N2O5S. The number of furan rings is 1. The van der Waals surface area contributed by atoms with Gasteiger partial charge in [0.2, 0.25) is 5.88 Å². The van der Waals surface area contributed by atoms with Crippen LogP contribution in [0.1, 0.15) is 56.8 Å². The Morgan fingerprint density at radius 1 is 1.22 bits per heavy atom. The van der Waals surface area contributed by atoms with Gasteiger partial charge in [0.05, 0.1) is 20.8 Å². The molecule has 0 aliphatic rings. The topological polar surface area (TPSA) is 92.9 Å². The van der Waals surface area contributed by atoms with Gasteiger partial charge in [-0.05, 0) is 68.9 Å². The number of hydrogen-bond acceptors (Lipinski definition) is 6. The summed E-state index contributed by atoms with van der Waals surface area (Å²) >= 11 is 1.24. The molecule has 1 aromatic carbocycles. The summed E-state index contributed by atoms with van der Waals surface area (Å²) in [4.78, 5) is 25.4. The van der Waals surface area contributed by atoms with E-state index in [1.165, 1.54) is 16.4 Å². The van der Waals surface area contributed by atoms with Crippen molar-refractivity contribution in [3.8, 4) is 17.2 Å². The molecule has 7 nitrogen and oxygen atoms in total. The Morgan fingerprint density at radius 2 is 2.00 bits per heavy atom. The molecule has 2 heterocycles. The zero-order chi connectivity index (χ0) is 23.8. The molecule has 0 saturated carbocycles. The largest absolute Gasteiger partial charge is 0.481 e. The Hall–Kier alpha value is -3.13. The third-order valence-corrected chi connectivity index (χ3v) is 5.59. The van der Waals surface area contributed by atoms with Crippen LogP contribution in [0.3, 0.4) is 0 Å². The summed E-state index contributed by atoms with van der Waals surface area (Å²) in [6.07, 6.45) is 3.84. The quantitative estimate of drug-likeness (QED) is 0.362. The van der Waals surface area contributed by atoms with Crippen LogP contribution in [0.5, 0.6) is 5.88 Å². The SMILES string of the molecule is [2H]C(C)(C)N(Cc1csnc1OCCCCCC(=O)O)C(=O)c1ccc(-c2ccco2)cc1. The van der Waals surface area contributed by atoms with Crippen molar-refractivity contribution in [2.45, 2.75) is 52.1 Å². The zero-order valence-corrected chi connectivity index (χ0v) is 19.1. The van der Waals surface area contributed by atoms with Gasteiger partial charge in [0.25, 0.3) is 5.91 Å². The number of rotatable bonds is 12. The molecule has 0 fully saturated rings. The summed E-state index contributed by atoms with van der Waals surface area (Å²) in [5.74, 6) is 0.122. The second-order valence-electron chi connectivity index (χ2n) is 7.59. The number of hydrogen-bond donors (Lipinski definition) is 1. The summed E-state index contributed by atoms with van der Waals surface area (Å²) in [6, 6.07) is 9.63. The van der Waals surface area contributed by atoms with Crippen LogP contribution >= 0.6 is 11.5 Å². The summed E-state index contributed by atoms with van der Waals surface area (Å²) < 4.78 is 24.0. The highest BCUT2D eigenvalue weighted by atomic mass is 32.1. The van der Waals surface area contributed by atoms with E-state index in [0.29, 0.717) is 24.5 Å². The van der Waals surface area contributed by atoms with E-state index in [0.717, 1.165) is 29.7 Å². The highest BCUT2D eigenvalue weighted by molar-refractivity contribution is 7.03. The van der Waals surface area contributed by atoms with Gasteiger partial charge in [-0.1, -0.05) is 12.1 Å². The first-order valence-electron chi connectivity index (χ1n) is 11.0. The number of amides is 1. The minimum atomic E-state index is -1.16. The maximum absolute atomic E-state index is 13.3. The first kappa shape index (κ1) is 22.1. The Kier molecular flexibility index (Phi) is 7.92. The number of carbonyl (C=O) groups is 2. The lowest BCUT2D eigenvalue weighted by Gasteiger charge is -2.27. The van der Waals surface area contributed by atoms with Gasteiger partial charge >= 0.3 is 5.97 Å². The molecule has 0 aliphatic heterocycles. The summed E-state index contributed by atoms with van der Waals surface area (Å²) in [5, 5.41) is 10.5. The molecule has 0 saturated heterocycles. The lowest BCUT2D eigenvalue weighted by molar-refractivity contribution is -0.137. The Morgan fingerprint density at radius 3 is 2.66 bits per heavy atom. The minimum Gasteiger partial charge on any atom is -0.481 e. The van der Waals surface area contributed by atoms with Gasteiger partial charge in [-0.2, -0.15) is 4.37 Å². The number of unbranched alkanes of at least 4 members (excludes halogenated alkanes) is 2. The standard InChI is InChI=1S/C24H28N2O5S/c1-17(2)26(24(29)19-11-9-18(10-12-19)21-7-6-14-30-21)15-20-16-32-25-23(20)31-13-5-3-4-8-22(27)28/h6-7,9-12,14,16-17H,3-5,8,13,15H2,1-2H3,(H,27,28)/i17D. The fourth-order valence-corrected chi connectivity index (χ4v) is 3.79. The van der Waals surface area contributed by atoms with Crippen LogP contribution < -0.4 is 4.74 Å². The number of aliphatic carboxylic acids is 1. The van der Waals surface area contributed by atoms with Gasteiger partial charge in [0, 0.05) is 34.5 Å². The van der Waals surface area contributed by atoms with Crippen LogP contribution in [0, 0.1) is 0 Å². The summed E-state index contributed by atoms with van der Waals surface area (Å²) in [5.41, 5.74) is 2.09. The minimum absolute atomic E-state index is 0.153. The lowest BCUT2D eigenvalue weighted by Crippen LogP contribution is -2.36. The van der Waals surface area contributed by atoms with Crippen molar-refractivity contribution in [3.05, 3.63) is 59.2 Å². The number of carboxylic acids is 1. The van der Waals surface area contributed by atoms with E-state index < -0.39 is 12.0 Å². The Labute approximate surface area is 193 Å². The van der Waals surface area contributed by atoms with E-state index >= 15 is 0 Å². The molecular weight excluding hydrogens is 428 g/mol. The molecule has 8 heteroatoms. The van der Waals surface area contributed by atoms with Gasteiger partial charge in [-0.15, -0.1) is 0 Å². The van der Waals surface area contributed by atoms with Crippen molar-refractivity contribution < 1.29 is 25.2 Å². The number of aromatic nitrogens is 1. The molecule has 0 spiro atoms. The van der Waals surface area contributed by atoms with Gasteiger partial charge in [-0.25, -0.2) is 0 Å². The average molecular weight is 458 g/mol. The molecule has 0 atom stereocenters. The number of carboxylic acid groups (broad SMARTS) is 1. The second kappa shape index (κ2) is 11.5. The average Bonchev–Trinajstić information content (AvgIpc) is 3.45. The number of nitrogens with zero attached hydrogens (tertiary/aromatic N) is 2. The highest BCUT2D eigenvalue weighted by Gasteiger charge is 2.22. The normalized spacial score (nSPS) is 11.8. The second-order valence-corrected chi connectivity index (χ2v) is 8.22. The van der Waals surface area contributed by atoms with E-state index in [-0.39, 0.29) is 18.9 Å². The van der Waals surface area contributed by atoms with E-state index in [9.17, 15) is 9.59 Å². The molecule has 2 aromatic heterocycles. The predicted octanol–water partition coefficient (Wildman–Crippen LogP) is 5.48.